The van der Waals surface area contributed by atoms with Crippen LogP contribution in [-0.2, 0) is 9.59 Å². The Kier molecular flexibility index (Phi) is 5.39. The molecular formula is C23H21BrN2O4. The number of hydrogen-bond donors (Lipinski definition) is 2. The van der Waals surface area contributed by atoms with E-state index in [1.165, 1.54) is 0 Å². The number of likely N-dealkylation sites (tertiary alicyclic amines) is 1. The largest absolute Gasteiger partial charge is 0.507 e. The number of methoxy groups -OCH3 is 1. The first-order chi connectivity index (χ1) is 14.5. The summed E-state index contributed by atoms with van der Waals surface area (Å²) in [5.41, 5.74) is 2.21. The molecule has 30 heavy (non-hydrogen) atoms. The van der Waals surface area contributed by atoms with Gasteiger partial charge in [-0.1, -0.05) is 25.1 Å². The summed E-state index contributed by atoms with van der Waals surface area (Å²) in [5, 5.41) is 12.0. The minimum Gasteiger partial charge on any atom is -0.507 e. The van der Waals surface area contributed by atoms with E-state index in [2.05, 4.69) is 20.9 Å². The molecule has 1 unspecified atom stereocenters. The van der Waals surface area contributed by atoms with Crippen molar-refractivity contribution < 1.29 is 19.4 Å². The fourth-order valence-corrected chi connectivity index (χ4v) is 4.50. The van der Waals surface area contributed by atoms with Gasteiger partial charge in [-0.2, -0.15) is 0 Å². The fourth-order valence-electron chi connectivity index (χ4n) is 3.96. The van der Waals surface area contributed by atoms with Crippen LogP contribution in [0.2, 0.25) is 0 Å². The summed E-state index contributed by atoms with van der Waals surface area (Å²) in [6, 6.07) is 12.1. The lowest BCUT2D eigenvalue weighted by molar-refractivity contribution is -0.139. The second kappa shape index (κ2) is 7.99. The Labute approximate surface area is 182 Å². The SMILES string of the molecule is CCCN1C(=O)C(=O)/C(=C(/O)c2ccc(OC)c(Br)c2)C1c1c[nH]c2ccccc12. The summed E-state index contributed by atoms with van der Waals surface area (Å²) < 4.78 is 5.88. The molecule has 2 aromatic carbocycles. The summed E-state index contributed by atoms with van der Waals surface area (Å²) >= 11 is 3.41. The first kappa shape index (κ1) is 20.2. The van der Waals surface area contributed by atoms with Gasteiger partial charge < -0.3 is 19.7 Å². The molecule has 6 nitrogen and oxygen atoms in total. The van der Waals surface area contributed by atoms with Gasteiger partial charge in [0.2, 0.25) is 0 Å². The van der Waals surface area contributed by atoms with Gasteiger partial charge in [0.1, 0.15) is 11.5 Å². The number of halogens is 1. The summed E-state index contributed by atoms with van der Waals surface area (Å²) in [7, 11) is 1.55. The van der Waals surface area contributed by atoms with Crippen LogP contribution in [0.25, 0.3) is 16.7 Å². The Morgan fingerprint density at radius 1 is 1.23 bits per heavy atom. The van der Waals surface area contributed by atoms with Crippen LogP contribution in [0.1, 0.15) is 30.5 Å². The Morgan fingerprint density at radius 2 is 2.00 bits per heavy atom. The standard InChI is InChI=1S/C23H21BrN2O4/c1-3-10-26-20(15-12-25-17-7-5-4-6-14(15)17)19(22(28)23(26)29)21(27)13-8-9-18(30-2)16(24)11-13/h4-9,11-12,20,25,27H,3,10H2,1-2H3/b21-19+. The minimum absolute atomic E-state index is 0.0928. The van der Waals surface area contributed by atoms with Gasteiger partial charge in [0.25, 0.3) is 11.7 Å². The molecule has 0 radical (unpaired) electrons. The van der Waals surface area contributed by atoms with Crippen molar-refractivity contribution >= 4 is 44.3 Å². The van der Waals surface area contributed by atoms with Gasteiger partial charge in [0, 0.05) is 34.8 Å². The average molecular weight is 469 g/mol. The number of aromatic nitrogens is 1. The Morgan fingerprint density at radius 3 is 2.70 bits per heavy atom. The molecule has 0 bridgehead atoms. The van der Waals surface area contributed by atoms with Gasteiger partial charge in [-0.05, 0) is 46.6 Å². The Balaban J connectivity index is 1.93. The molecule has 1 aromatic heterocycles. The van der Waals surface area contributed by atoms with Crippen molar-refractivity contribution in [1.29, 1.82) is 0 Å². The smallest absolute Gasteiger partial charge is 0.295 e. The molecule has 154 valence electrons. The lowest BCUT2D eigenvalue weighted by Gasteiger charge is -2.24. The molecule has 7 heteroatoms. The molecule has 1 saturated heterocycles. The molecule has 2 N–H and O–H groups in total. The number of Topliss-reactive ketones (excluding diaryl/α,β-unsaturated/α-hetero) is 1. The molecule has 1 atom stereocenters. The fraction of sp³-hybridized carbons (Fsp3) is 0.217. The number of aromatic amines is 1. The number of aliphatic hydroxyl groups is 1. The highest BCUT2D eigenvalue weighted by atomic mass is 79.9. The predicted molar refractivity (Wildman–Crippen MR) is 118 cm³/mol. The first-order valence-corrected chi connectivity index (χ1v) is 10.5. The number of ether oxygens (including phenoxy) is 1. The van der Waals surface area contributed by atoms with Crippen LogP contribution in [0.15, 0.2) is 58.7 Å². The lowest BCUT2D eigenvalue weighted by atomic mass is 9.95. The van der Waals surface area contributed by atoms with Crippen LogP contribution < -0.4 is 4.74 Å². The van der Waals surface area contributed by atoms with Crippen molar-refractivity contribution in [1.82, 2.24) is 9.88 Å². The third-order valence-corrected chi connectivity index (χ3v) is 5.97. The van der Waals surface area contributed by atoms with E-state index in [9.17, 15) is 14.7 Å². The van der Waals surface area contributed by atoms with Gasteiger partial charge in [-0.25, -0.2) is 0 Å². The van der Waals surface area contributed by atoms with Crippen molar-refractivity contribution in [2.45, 2.75) is 19.4 Å². The third kappa shape index (κ3) is 3.19. The van der Waals surface area contributed by atoms with Gasteiger partial charge in [0.15, 0.2) is 0 Å². The van der Waals surface area contributed by atoms with Gasteiger partial charge >= 0.3 is 0 Å². The number of carbonyl (C=O) groups excluding carboxylic acids is 2. The summed E-state index contributed by atoms with van der Waals surface area (Å²) in [5.74, 6) is -0.874. The number of para-hydroxylation sites is 1. The van der Waals surface area contributed by atoms with Gasteiger partial charge in [0.05, 0.1) is 23.2 Å². The molecule has 1 amide bonds. The summed E-state index contributed by atoms with van der Waals surface area (Å²) in [6.07, 6.45) is 2.50. The zero-order valence-electron chi connectivity index (χ0n) is 16.6. The zero-order chi connectivity index (χ0) is 21.4. The second-order valence-electron chi connectivity index (χ2n) is 7.13. The molecule has 0 spiro atoms. The van der Waals surface area contributed by atoms with E-state index in [1.54, 1.807) is 36.4 Å². The van der Waals surface area contributed by atoms with E-state index in [0.717, 1.165) is 16.5 Å². The molecule has 4 rings (SSSR count). The molecule has 1 aliphatic rings. The van der Waals surface area contributed by atoms with E-state index in [0.29, 0.717) is 28.8 Å². The summed E-state index contributed by atoms with van der Waals surface area (Å²) in [6.45, 7) is 2.37. The van der Waals surface area contributed by atoms with Crippen molar-refractivity contribution in [3.63, 3.8) is 0 Å². The molecule has 0 aliphatic carbocycles. The number of benzene rings is 2. The van der Waals surface area contributed by atoms with E-state index in [-0.39, 0.29) is 11.3 Å². The van der Waals surface area contributed by atoms with E-state index in [1.807, 2.05) is 31.2 Å². The second-order valence-corrected chi connectivity index (χ2v) is 7.99. The number of carbonyl (C=O) groups is 2. The van der Waals surface area contributed by atoms with Gasteiger partial charge in [-0.15, -0.1) is 0 Å². The number of fused-ring (bicyclic) bond motifs is 1. The van der Waals surface area contributed by atoms with Crippen molar-refractivity contribution in [2.75, 3.05) is 13.7 Å². The molecule has 1 aliphatic heterocycles. The predicted octanol–water partition coefficient (Wildman–Crippen LogP) is 4.77. The van der Waals surface area contributed by atoms with Gasteiger partial charge in [-0.3, -0.25) is 9.59 Å². The number of nitrogens with zero attached hydrogens (tertiary/aromatic N) is 1. The quantitative estimate of drug-likeness (QED) is 0.321. The molecular weight excluding hydrogens is 448 g/mol. The molecule has 0 saturated carbocycles. The number of aliphatic hydroxyl groups excluding tert-OH is 1. The number of hydrogen-bond acceptors (Lipinski definition) is 4. The average Bonchev–Trinajstić information content (AvgIpc) is 3.28. The Hall–Kier alpha value is -3.06. The van der Waals surface area contributed by atoms with E-state index < -0.39 is 17.7 Å². The van der Waals surface area contributed by atoms with E-state index >= 15 is 0 Å². The van der Waals surface area contributed by atoms with Crippen LogP contribution in [0, 0.1) is 0 Å². The Bertz CT molecular complexity index is 1180. The van der Waals surface area contributed by atoms with Crippen molar-refractivity contribution in [2.24, 2.45) is 0 Å². The molecule has 2 heterocycles. The lowest BCUT2D eigenvalue weighted by Crippen LogP contribution is -2.30. The van der Waals surface area contributed by atoms with Crippen molar-refractivity contribution in [3.05, 3.63) is 69.8 Å². The summed E-state index contributed by atoms with van der Waals surface area (Å²) in [4.78, 5) is 30.6. The van der Waals surface area contributed by atoms with Crippen LogP contribution in [0.3, 0.4) is 0 Å². The maximum atomic E-state index is 13.0. The highest BCUT2D eigenvalue weighted by Gasteiger charge is 2.46. The maximum Gasteiger partial charge on any atom is 0.295 e. The monoisotopic (exact) mass is 468 g/mol. The van der Waals surface area contributed by atoms with Crippen molar-refractivity contribution in [3.8, 4) is 5.75 Å². The molecule has 1 fully saturated rings. The topological polar surface area (TPSA) is 82.6 Å². The van der Waals surface area contributed by atoms with Crippen LogP contribution >= 0.6 is 15.9 Å². The first-order valence-electron chi connectivity index (χ1n) is 9.66. The third-order valence-electron chi connectivity index (χ3n) is 5.35. The number of ketones is 1. The maximum absolute atomic E-state index is 13.0. The molecule has 3 aromatic rings. The number of amides is 1. The van der Waals surface area contributed by atoms with E-state index in [4.69, 9.17) is 4.74 Å². The number of nitrogens with one attached hydrogen (secondary N) is 1. The van der Waals surface area contributed by atoms with Crippen LogP contribution in [-0.4, -0.2) is 40.3 Å². The van der Waals surface area contributed by atoms with Crippen LogP contribution in [0.5, 0.6) is 5.75 Å². The minimum atomic E-state index is -0.678. The zero-order valence-corrected chi connectivity index (χ0v) is 18.2. The number of rotatable bonds is 5. The number of H-pyrrole nitrogens is 1. The highest BCUT2D eigenvalue weighted by Crippen LogP contribution is 2.42. The highest BCUT2D eigenvalue weighted by molar-refractivity contribution is 9.10. The normalized spacial score (nSPS) is 18.4. The van der Waals surface area contributed by atoms with Crippen LogP contribution in [0.4, 0.5) is 0 Å².